The van der Waals surface area contributed by atoms with Crippen molar-refractivity contribution in [2.75, 3.05) is 46.5 Å². The molecule has 2 fully saturated rings. The average Bonchev–Trinajstić information content (AvgIpc) is 2.30. The first-order valence-corrected chi connectivity index (χ1v) is 5.94. The maximum atomic E-state index is 9.40. The summed E-state index contributed by atoms with van der Waals surface area (Å²) in [5, 5.41) is 9.40. The average molecular weight is 214 g/mol. The minimum absolute atomic E-state index is 0.265. The van der Waals surface area contributed by atoms with Crippen molar-refractivity contribution < 1.29 is 9.84 Å². The van der Waals surface area contributed by atoms with Gasteiger partial charge in [-0.25, -0.2) is 0 Å². The smallest absolute Gasteiger partial charge is 0.0621 e. The molecule has 2 rings (SSSR count). The van der Waals surface area contributed by atoms with E-state index in [4.69, 9.17) is 4.74 Å². The third-order valence-electron chi connectivity index (χ3n) is 3.55. The van der Waals surface area contributed by atoms with Crippen molar-refractivity contribution >= 4 is 0 Å². The van der Waals surface area contributed by atoms with Crippen LogP contribution in [0.25, 0.3) is 0 Å². The SMILES string of the molecule is CN1CCN(C2CCCOC2)C(CO)C1. The van der Waals surface area contributed by atoms with Gasteiger partial charge in [-0.2, -0.15) is 0 Å². The van der Waals surface area contributed by atoms with E-state index in [1.807, 2.05) is 0 Å². The number of hydrogen-bond acceptors (Lipinski definition) is 4. The van der Waals surface area contributed by atoms with Gasteiger partial charge in [0.05, 0.1) is 13.2 Å². The van der Waals surface area contributed by atoms with Gasteiger partial charge < -0.3 is 14.7 Å². The number of ether oxygens (including phenoxy) is 1. The lowest BCUT2D eigenvalue weighted by atomic mass is 10.0. The Bertz CT molecular complexity index is 193. The Kier molecular flexibility index (Phi) is 3.97. The molecular formula is C11H22N2O2. The van der Waals surface area contributed by atoms with Crippen LogP contribution in [0.4, 0.5) is 0 Å². The largest absolute Gasteiger partial charge is 0.395 e. The summed E-state index contributed by atoms with van der Waals surface area (Å²) in [4.78, 5) is 4.74. The van der Waals surface area contributed by atoms with Crippen molar-refractivity contribution in [3.05, 3.63) is 0 Å². The van der Waals surface area contributed by atoms with E-state index in [-0.39, 0.29) is 6.61 Å². The third kappa shape index (κ3) is 2.69. The highest BCUT2D eigenvalue weighted by Gasteiger charge is 2.31. The summed E-state index contributed by atoms with van der Waals surface area (Å²) in [7, 11) is 2.12. The van der Waals surface area contributed by atoms with Gasteiger partial charge in [-0.1, -0.05) is 0 Å². The lowest BCUT2D eigenvalue weighted by molar-refractivity contribution is -0.0374. The van der Waals surface area contributed by atoms with E-state index >= 15 is 0 Å². The fourth-order valence-electron chi connectivity index (χ4n) is 2.65. The minimum Gasteiger partial charge on any atom is -0.395 e. The third-order valence-corrected chi connectivity index (χ3v) is 3.55. The molecule has 0 saturated carbocycles. The Morgan fingerprint density at radius 3 is 2.93 bits per heavy atom. The van der Waals surface area contributed by atoms with Crippen LogP contribution in [0, 0.1) is 0 Å². The second-order valence-electron chi connectivity index (χ2n) is 4.71. The predicted octanol–water partition coefficient (Wildman–Crippen LogP) is -0.226. The molecule has 0 aliphatic carbocycles. The quantitative estimate of drug-likeness (QED) is 0.689. The van der Waals surface area contributed by atoms with Crippen molar-refractivity contribution in [2.24, 2.45) is 0 Å². The summed E-state index contributed by atoms with van der Waals surface area (Å²) in [6.07, 6.45) is 2.38. The Morgan fingerprint density at radius 1 is 1.40 bits per heavy atom. The number of aliphatic hydroxyl groups is 1. The first-order chi connectivity index (χ1) is 7.31. The molecular weight excluding hydrogens is 192 g/mol. The second kappa shape index (κ2) is 5.25. The molecule has 0 bridgehead atoms. The standard InChI is InChI=1S/C11H22N2O2/c1-12-4-5-13(11(7-12)8-14)10-3-2-6-15-9-10/h10-11,14H,2-9H2,1H3. The molecule has 2 heterocycles. The summed E-state index contributed by atoms with van der Waals surface area (Å²) in [6, 6.07) is 0.833. The number of rotatable bonds is 2. The normalized spacial score (nSPS) is 35.6. The summed E-state index contributed by atoms with van der Waals surface area (Å²) in [6.45, 7) is 5.17. The van der Waals surface area contributed by atoms with Gasteiger partial charge in [-0.3, -0.25) is 4.90 Å². The van der Waals surface area contributed by atoms with E-state index in [9.17, 15) is 5.11 Å². The first kappa shape index (κ1) is 11.3. The summed E-state index contributed by atoms with van der Waals surface area (Å²) in [5.41, 5.74) is 0. The fraction of sp³-hybridized carbons (Fsp3) is 1.00. The molecule has 0 radical (unpaired) electrons. The van der Waals surface area contributed by atoms with Crippen molar-refractivity contribution in [3.63, 3.8) is 0 Å². The van der Waals surface area contributed by atoms with Crippen LogP contribution >= 0.6 is 0 Å². The van der Waals surface area contributed by atoms with Crippen molar-refractivity contribution in [1.29, 1.82) is 0 Å². The Balaban J connectivity index is 1.93. The van der Waals surface area contributed by atoms with Crippen molar-refractivity contribution in [2.45, 2.75) is 24.9 Å². The molecule has 4 heteroatoms. The molecule has 0 aromatic heterocycles. The van der Waals surface area contributed by atoms with Gasteiger partial charge in [0, 0.05) is 38.3 Å². The van der Waals surface area contributed by atoms with Gasteiger partial charge in [0.1, 0.15) is 0 Å². The first-order valence-electron chi connectivity index (χ1n) is 5.94. The van der Waals surface area contributed by atoms with Gasteiger partial charge in [0.2, 0.25) is 0 Å². The minimum atomic E-state index is 0.265. The van der Waals surface area contributed by atoms with Crippen LogP contribution in [-0.2, 0) is 4.74 Å². The number of piperazine rings is 1. The van der Waals surface area contributed by atoms with Crippen LogP contribution < -0.4 is 0 Å². The molecule has 2 atom stereocenters. The molecule has 0 spiro atoms. The van der Waals surface area contributed by atoms with Crippen molar-refractivity contribution in [1.82, 2.24) is 9.80 Å². The van der Waals surface area contributed by atoms with Gasteiger partial charge in [-0.05, 0) is 19.9 Å². The lowest BCUT2D eigenvalue weighted by Gasteiger charge is -2.44. The zero-order valence-electron chi connectivity index (χ0n) is 9.56. The molecule has 0 aromatic rings. The van der Waals surface area contributed by atoms with Crippen LogP contribution in [0.5, 0.6) is 0 Å². The molecule has 2 unspecified atom stereocenters. The number of nitrogens with zero attached hydrogens (tertiary/aromatic N) is 2. The summed E-state index contributed by atoms with van der Waals surface area (Å²) in [5.74, 6) is 0. The van der Waals surface area contributed by atoms with E-state index in [0.29, 0.717) is 12.1 Å². The molecule has 0 aromatic carbocycles. The van der Waals surface area contributed by atoms with Gasteiger partial charge in [-0.15, -0.1) is 0 Å². The van der Waals surface area contributed by atoms with Gasteiger partial charge in [0.25, 0.3) is 0 Å². The maximum absolute atomic E-state index is 9.40. The molecule has 2 aliphatic heterocycles. The molecule has 2 aliphatic rings. The zero-order chi connectivity index (χ0) is 10.7. The van der Waals surface area contributed by atoms with E-state index in [1.54, 1.807) is 0 Å². The van der Waals surface area contributed by atoms with Crippen LogP contribution in [0.2, 0.25) is 0 Å². The lowest BCUT2D eigenvalue weighted by Crippen LogP contribution is -2.58. The second-order valence-corrected chi connectivity index (χ2v) is 4.71. The maximum Gasteiger partial charge on any atom is 0.0621 e. The van der Waals surface area contributed by atoms with Crippen LogP contribution in [0.15, 0.2) is 0 Å². The molecule has 88 valence electrons. The van der Waals surface area contributed by atoms with E-state index in [1.165, 1.54) is 6.42 Å². The Hall–Kier alpha value is -0.160. The van der Waals surface area contributed by atoms with E-state index < -0.39 is 0 Å². The highest BCUT2D eigenvalue weighted by molar-refractivity contribution is 4.86. The summed E-state index contributed by atoms with van der Waals surface area (Å²) >= 11 is 0. The molecule has 4 nitrogen and oxygen atoms in total. The van der Waals surface area contributed by atoms with E-state index in [2.05, 4.69) is 16.8 Å². The monoisotopic (exact) mass is 214 g/mol. The number of hydrogen-bond donors (Lipinski definition) is 1. The van der Waals surface area contributed by atoms with Gasteiger partial charge >= 0.3 is 0 Å². The van der Waals surface area contributed by atoms with Crippen LogP contribution in [0.3, 0.4) is 0 Å². The van der Waals surface area contributed by atoms with Crippen LogP contribution in [0.1, 0.15) is 12.8 Å². The van der Waals surface area contributed by atoms with E-state index in [0.717, 1.165) is 39.3 Å². The van der Waals surface area contributed by atoms with Gasteiger partial charge in [0.15, 0.2) is 0 Å². The number of aliphatic hydroxyl groups excluding tert-OH is 1. The zero-order valence-corrected chi connectivity index (χ0v) is 9.56. The highest BCUT2D eigenvalue weighted by Crippen LogP contribution is 2.18. The Morgan fingerprint density at radius 2 is 2.27 bits per heavy atom. The molecule has 0 amide bonds. The molecule has 15 heavy (non-hydrogen) atoms. The van der Waals surface area contributed by atoms with Crippen LogP contribution in [-0.4, -0.2) is 73.5 Å². The number of likely N-dealkylation sites (N-methyl/N-ethyl adjacent to an activating group) is 1. The summed E-state index contributed by atoms with van der Waals surface area (Å²) < 4.78 is 5.52. The predicted molar refractivity (Wildman–Crippen MR) is 58.9 cm³/mol. The topological polar surface area (TPSA) is 35.9 Å². The van der Waals surface area contributed by atoms with Crippen molar-refractivity contribution in [3.8, 4) is 0 Å². The Labute approximate surface area is 91.8 Å². The molecule has 2 saturated heterocycles. The fourth-order valence-corrected chi connectivity index (χ4v) is 2.65. The molecule has 1 N–H and O–H groups in total. The highest BCUT2D eigenvalue weighted by atomic mass is 16.5.